The molecule has 1 rings (SSSR count). The summed E-state index contributed by atoms with van der Waals surface area (Å²) in [6.07, 6.45) is 3.16. The molecule has 1 aliphatic carbocycles. The summed E-state index contributed by atoms with van der Waals surface area (Å²) in [5.41, 5.74) is 0. The Bertz CT molecular complexity index is 270. The van der Waals surface area contributed by atoms with Gasteiger partial charge in [-0.25, -0.2) is 4.21 Å². The first kappa shape index (κ1) is 12.7. The lowest BCUT2D eigenvalue weighted by Crippen LogP contribution is -2.40. The third-order valence-electron chi connectivity index (χ3n) is 2.95. The van der Waals surface area contributed by atoms with Crippen molar-refractivity contribution < 1.29 is 9.00 Å². The Morgan fingerprint density at radius 3 is 2.33 bits per heavy atom. The molecule has 1 amide bonds. The van der Waals surface area contributed by atoms with Crippen LogP contribution in [0.25, 0.3) is 0 Å². The van der Waals surface area contributed by atoms with Gasteiger partial charge < -0.3 is 0 Å². The maximum atomic E-state index is 11.8. The first-order valence-corrected chi connectivity index (χ1v) is 6.69. The van der Waals surface area contributed by atoms with Gasteiger partial charge in [0.25, 0.3) is 0 Å². The van der Waals surface area contributed by atoms with Gasteiger partial charge >= 0.3 is 0 Å². The van der Waals surface area contributed by atoms with Crippen molar-refractivity contribution in [3.05, 3.63) is 0 Å². The van der Waals surface area contributed by atoms with E-state index in [-0.39, 0.29) is 16.6 Å². The van der Waals surface area contributed by atoms with Crippen LogP contribution in [-0.4, -0.2) is 14.9 Å². The molecule has 1 N–H and O–H groups in total. The van der Waals surface area contributed by atoms with Crippen molar-refractivity contribution in [2.24, 2.45) is 11.8 Å². The zero-order valence-electron chi connectivity index (χ0n) is 10.0. The molecule has 0 heterocycles. The fourth-order valence-electron chi connectivity index (χ4n) is 1.86. The second kappa shape index (κ2) is 4.64. The van der Waals surface area contributed by atoms with Crippen LogP contribution in [0.1, 0.15) is 47.0 Å². The normalized spacial score (nSPS) is 28.8. The third-order valence-corrected chi connectivity index (χ3v) is 4.45. The number of carbonyl (C=O) groups is 1. The predicted molar refractivity (Wildman–Crippen MR) is 62.5 cm³/mol. The van der Waals surface area contributed by atoms with Crippen LogP contribution in [0.15, 0.2) is 0 Å². The van der Waals surface area contributed by atoms with Gasteiger partial charge in [0, 0.05) is 5.92 Å². The largest absolute Gasteiger partial charge is 0.274 e. The van der Waals surface area contributed by atoms with Gasteiger partial charge in [-0.3, -0.25) is 9.52 Å². The Kier molecular flexibility index (Phi) is 3.93. The Balaban J connectivity index is 2.52. The Morgan fingerprint density at radius 1 is 1.33 bits per heavy atom. The highest BCUT2D eigenvalue weighted by molar-refractivity contribution is 7.85. The molecule has 0 aromatic rings. The van der Waals surface area contributed by atoms with Gasteiger partial charge in [0.05, 0.1) is 4.75 Å². The van der Waals surface area contributed by atoms with Crippen LogP contribution in [-0.2, 0) is 15.8 Å². The van der Waals surface area contributed by atoms with E-state index in [1.807, 2.05) is 20.8 Å². The molecule has 3 atom stereocenters. The van der Waals surface area contributed by atoms with E-state index >= 15 is 0 Å². The fourth-order valence-corrected chi connectivity index (χ4v) is 2.50. The molecule has 0 aromatic carbocycles. The van der Waals surface area contributed by atoms with Crippen LogP contribution < -0.4 is 4.72 Å². The van der Waals surface area contributed by atoms with E-state index in [0.29, 0.717) is 5.92 Å². The monoisotopic (exact) mass is 231 g/mol. The summed E-state index contributed by atoms with van der Waals surface area (Å²) in [4.78, 5) is 11.8. The third kappa shape index (κ3) is 3.30. The zero-order chi connectivity index (χ0) is 11.6. The van der Waals surface area contributed by atoms with Crippen molar-refractivity contribution >= 4 is 16.9 Å². The van der Waals surface area contributed by atoms with Crippen molar-refractivity contribution in [3.63, 3.8) is 0 Å². The molecule has 0 bridgehead atoms. The number of nitrogens with one attached hydrogen (secondary N) is 1. The quantitative estimate of drug-likeness (QED) is 0.790. The summed E-state index contributed by atoms with van der Waals surface area (Å²) in [5, 5.41) is 0. The average molecular weight is 231 g/mol. The molecule has 0 aliphatic heterocycles. The molecule has 88 valence electrons. The van der Waals surface area contributed by atoms with Gasteiger partial charge in [0.1, 0.15) is 11.0 Å². The molecule has 3 nitrogen and oxygen atoms in total. The van der Waals surface area contributed by atoms with E-state index in [1.54, 1.807) is 0 Å². The maximum absolute atomic E-state index is 11.8. The van der Waals surface area contributed by atoms with E-state index in [0.717, 1.165) is 19.3 Å². The first-order chi connectivity index (χ1) is 6.82. The van der Waals surface area contributed by atoms with Crippen LogP contribution in [0.3, 0.4) is 0 Å². The van der Waals surface area contributed by atoms with E-state index < -0.39 is 11.0 Å². The Labute approximate surface area is 94.6 Å². The lowest BCUT2D eigenvalue weighted by atomic mass is 9.98. The van der Waals surface area contributed by atoms with Gasteiger partial charge in [-0.1, -0.05) is 13.3 Å². The summed E-state index contributed by atoms with van der Waals surface area (Å²) < 4.78 is 14.0. The average Bonchev–Trinajstić information content (AvgIpc) is 2.49. The minimum Gasteiger partial charge on any atom is -0.274 e. The maximum Gasteiger partial charge on any atom is 0.235 e. The Hall–Kier alpha value is -0.380. The van der Waals surface area contributed by atoms with E-state index in [2.05, 4.69) is 11.6 Å². The lowest BCUT2D eigenvalue weighted by molar-refractivity contribution is -0.123. The topological polar surface area (TPSA) is 46.2 Å². The van der Waals surface area contributed by atoms with Gasteiger partial charge in [-0.15, -0.1) is 0 Å². The van der Waals surface area contributed by atoms with Gasteiger partial charge in [0.2, 0.25) is 5.91 Å². The number of hydrogen-bond donors (Lipinski definition) is 1. The number of amides is 1. The van der Waals surface area contributed by atoms with Gasteiger partial charge in [-0.2, -0.15) is 0 Å². The molecule has 0 spiro atoms. The van der Waals surface area contributed by atoms with Crippen molar-refractivity contribution in [2.75, 3.05) is 0 Å². The summed E-state index contributed by atoms with van der Waals surface area (Å²) in [5.74, 6) is 0.464. The highest BCUT2D eigenvalue weighted by Crippen LogP contribution is 2.31. The van der Waals surface area contributed by atoms with Crippen LogP contribution in [0.4, 0.5) is 0 Å². The van der Waals surface area contributed by atoms with Crippen molar-refractivity contribution in [1.29, 1.82) is 0 Å². The molecule has 0 radical (unpaired) electrons. The summed E-state index contributed by atoms with van der Waals surface area (Å²) in [6.45, 7) is 7.68. The summed E-state index contributed by atoms with van der Waals surface area (Å²) in [7, 11) is -1.28. The number of rotatable bonds is 2. The minimum atomic E-state index is -1.28. The Morgan fingerprint density at radius 2 is 1.93 bits per heavy atom. The number of carbonyl (C=O) groups excluding carboxylic acids is 1. The van der Waals surface area contributed by atoms with Gasteiger partial charge in [0.15, 0.2) is 0 Å². The van der Waals surface area contributed by atoms with Crippen molar-refractivity contribution in [2.45, 2.75) is 51.7 Å². The molecule has 1 fully saturated rings. The fraction of sp³-hybridized carbons (Fsp3) is 0.909. The molecule has 0 aromatic heterocycles. The second-order valence-corrected chi connectivity index (χ2v) is 7.33. The van der Waals surface area contributed by atoms with E-state index in [4.69, 9.17) is 0 Å². The summed E-state index contributed by atoms with van der Waals surface area (Å²) in [6, 6.07) is 0. The molecule has 15 heavy (non-hydrogen) atoms. The minimum absolute atomic E-state index is 0.0340. The highest BCUT2D eigenvalue weighted by atomic mass is 32.2. The lowest BCUT2D eigenvalue weighted by Gasteiger charge is -2.21. The molecule has 0 saturated heterocycles. The molecule has 1 saturated carbocycles. The molecule has 1 unspecified atom stereocenters. The standard InChI is InChI=1S/C11H21NO2S/c1-8-6-5-7-9(8)10(13)12-15(14)11(2,3)4/h8-9H,5-7H2,1-4H3,(H,12,13)/t8-,9?,15-/m1/s1. The first-order valence-electron chi connectivity index (χ1n) is 5.54. The molecular formula is C11H21NO2S. The highest BCUT2D eigenvalue weighted by Gasteiger charge is 2.32. The van der Waals surface area contributed by atoms with E-state index in [1.165, 1.54) is 0 Å². The summed E-state index contributed by atoms with van der Waals surface area (Å²) >= 11 is 0. The zero-order valence-corrected chi connectivity index (χ0v) is 10.8. The van der Waals surface area contributed by atoms with Crippen molar-refractivity contribution in [1.82, 2.24) is 4.72 Å². The van der Waals surface area contributed by atoms with Crippen LogP contribution in [0.2, 0.25) is 0 Å². The molecule has 1 aliphatic rings. The van der Waals surface area contributed by atoms with Gasteiger partial charge in [-0.05, 0) is 39.5 Å². The van der Waals surface area contributed by atoms with Crippen LogP contribution in [0, 0.1) is 11.8 Å². The second-order valence-electron chi connectivity index (χ2n) is 5.36. The van der Waals surface area contributed by atoms with E-state index in [9.17, 15) is 9.00 Å². The van der Waals surface area contributed by atoms with Crippen molar-refractivity contribution in [3.8, 4) is 0 Å². The smallest absolute Gasteiger partial charge is 0.235 e. The van der Waals surface area contributed by atoms with Crippen LogP contribution >= 0.6 is 0 Å². The number of hydrogen-bond acceptors (Lipinski definition) is 2. The predicted octanol–water partition coefficient (Wildman–Crippen LogP) is 2.00. The van der Waals surface area contributed by atoms with Crippen LogP contribution in [0.5, 0.6) is 0 Å². The molecule has 4 heteroatoms. The molecular weight excluding hydrogens is 210 g/mol. The SMILES string of the molecule is C[C@@H]1CCCC1C(=O)N[S@](=O)C(C)(C)C.